The van der Waals surface area contributed by atoms with Gasteiger partial charge in [0.15, 0.2) is 11.6 Å². The van der Waals surface area contributed by atoms with Gasteiger partial charge in [-0.1, -0.05) is 13.0 Å². The first-order valence-corrected chi connectivity index (χ1v) is 5.53. The van der Waals surface area contributed by atoms with Gasteiger partial charge in [0.1, 0.15) is 6.10 Å². The Balaban J connectivity index is 2.31. The summed E-state index contributed by atoms with van der Waals surface area (Å²) in [5.74, 6) is -1.69. The van der Waals surface area contributed by atoms with E-state index in [4.69, 9.17) is 4.74 Å². The molecule has 1 heterocycles. The predicted molar refractivity (Wildman–Crippen MR) is 57.5 cm³/mol. The molecule has 0 amide bonds. The second kappa shape index (κ2) is 4.37. The zero-order valence-electron chi connectivity index (χ0n) is 9.39. The molecule has 1 aromatic rings. The third-order valence-corrected chi connectivity index (χ3v) is 2.80. The molecule has 88 valence electrons. The van der Waals surface area contributed by atoms with Crippen LogP contribution in [0.2, 0.25) is 0 Å². The van der Waals surface area contributed by atoms with E-state index in [-0.39, 0.29) is 17.9 Å². The number of ether oxygens (including phenoxy) is 1. The average molecular weight is 227 g/mol. The molecule has 1 aliphatic heterocycles. The molecule has 1 N–H and O–H groups in total. The molecule has 0 saturated carbocycles. The normalized spacial score (nSPS) is 23.0. The lowest BCUT2D eigenvalue weighted by Gasteiger charge is -2.15. The third-order valence-electron chi connectivity index (χ3n) is 2.80. The first-order chi connectivity index (χ1) is 7.65. The lowest BCUT2D eigenvalue weighted by Crippen LogP contribution is -2.29. The molecule has 2 nitrogen and oxygen atoms in total. The van der Waals surface area contributed by atoms with Gasteiger partial charge in [-0.3, -0.25) is 0 Å². The zero-order valence-corrected chi connectivity index (χ0v) is 9.39. The number of nitrogens with one attached hydrogen (secondary N) is 1. The average Bonchev–Trinajstić information content (AvgIpc) is 2.58. The first-order valence-electron chi connectivity index (χ1n) is 5.53. The smallest absolute Gasteiger partial charge is 0.200 e. The van der Waals surface area contributed by atoms with Crippen molar-refractivity contribution in [3.8, 4) is 5.75 Å². The minimum Gasteiger partial charge on any atom is -0.485 e. The molecule has 0 aliphatic carbocycles. The van der Waals surface area contributed by atoms with Crippen LogP contribution in [0.5, 0.6) is 5.75 Å². The maximum absolute atomic E-state index is 13.4. The molecular formula is C12H15F2NO. The second-order valence-corrected chi connectivity index (χ2v) is 4.03. The van der Waals surface area contributed by atoms with Crippen LogP contribution >= 0.6 is 0 Å². The number of rotatable bonds is 3. The standard InChI is InChI=1S/C12H15F2NO/c1-3-6-15-11-7(2)16-12-8(11)4-5-9(13)10(12)14/h4-5,7,11,15H,3,6H2,1-2H3. The number of halogens is 2. The van der Waals surface area contributed by atoms with Crippen molar-refractivity contribution >= 4 is 0 Å². The van der Waals surface area contributed by atoms with Crippen molar-refractivity contribution in [1.82, 2.24) is 5.32 Å². The van der Waals surface area contributed by atoms with E-state index in [0.717, 1.165) is 19.0 Å². The van der Waals surface area contributed by atoms with Gasteiger partial charge in [0.25, 0.3) is 0 Å². The maximum atomic E-state index is 13.4. The summed E-state index contributed by atoms with van der Waals surface area (Å²) in [5, 5.41) is 3.27. The molecule has 1 aromatic carbocycles. The third kappa shape index (κ3) is 1.78. The van der Waals surface area contributed by atoms with Gasteiger partial charge in [-0.15, -0.1) is 0 Å². The Morgan fingerprint density at radius 3 is 2.81 bits per heavy atom. The van der Waals surface area contributed by atoms with E-state index in [0.29, 0.717) is 5.56 Å². The lowest BCUT2D eigenvalue weighted by molar-refractivity contribution is 0.202. The summed E-state index contributed by atoms with van der Waals surface area (Å²) in [4.78, 5) is 0. The largest absolute Gasteiger partial charge is 0.485 e. The second-order valence-electron chi connectivity index (χ2n) is 4.03. The monoisotopic (exact) mass is 227 g/mol. The molecule has 0 saturated heterocycles. The summed E-state index contributed by atoms with van der Waals surface area (Å²) in [6.07, 6.45) is 0.820. The lowest BCUT2D eigenvalue weighted by atomic mass is 10.0. The van der Waals surface area contributed by atoms with Gasteiger partial charge in [-0.2, -0.15) is 4.39 Å². The molecular weight excluding hydrogens is 212 g/mol. The number of hydrogen-bond donors (Lipinski definition) is 1. The van der Waals surface area contributed by atoms with Gasteiger partial charge in [-0.05, 0) is 26.0 Å². The Hall–Kier alpha value is -1.16. The number of benzene rings is 1. The van der Waals surface area contributed by atoms with E-state index < -0.39 is 11.6 Å². The van der Waals surface area contributed by atoms with Crippen LogP contribution in [0.4, 0.5) is 8.78 Å². The van der Waals surface area contributed by atoms with Crippen LogP contribution in [0.25, 0.3) is 0 Å². The molecule has 2 atom stereocenters. The van der Waals surface area contributed by atoms with Crippen molar-refractivity contribution < 1.29 is 13.5 Å². The van der Waals surface area contributed by atoms with Crippen LogP contribution in [0.3, 0.4) is 0 Å². The van der Waals surface area contributed by atoms with Crippen molar-refractivity contribution in [1.29, 1.82) is 0 Å². The number of fused-ring (bicyclic) bond motifs is 1. The minimum absolute atomic E-state index is 0.0509. The highest BCUT2D eigenvalue weighted by molar-refractivity contribution is 5.42. The van der Waals surface area contributed by atoms with Gasteiger partial charge in [-0.25, -0.2) is 4.39 Å². The first kappa shape index (κ1) is 11.3. The highest BCUT2D eigenvalue weighted by Gasteiger charge is 2.33. The van der Waals surface area contributed by atoms with Gasteiger partial charge in [0.2, 0.25) is 5.82 Å². The summed E-state index contributed by atoms with van der Waals surface area (Å²) in [7, 11) is 0. The maximum Gasteiger partial charge on any atom is 0.200 e. The van der Waals surface area contributed by atoms with Gasteiger partial charge in [0.05, 0.1) is 6.04 Å². The Bertz CT molecular complexity index is 395. The van der Waals surface area contributed by atoms with E-state index in [2.05, 4.69) is 12.2 Å². The highest BCUT2D eigenvalue weighted by atomic mass is 19.2. The van der Waals surface area contributed by atoms with Crippen LogP contribution in [0, 0.1) is 11.6 Å². The van der Waals surface area contributed by atoms with Gasteiger partial charge >= 0.3 is 0 Å². The molecule has 0 spiro atoms. The Kier molecular flexibility index (Phi) is 3.10. The van der Waals surface area contributed by atoms with E-state index in [1.54, 1.807) is 6.07 Å². The molecule has 2 unspecified atom stereocenters. The Morgan fingerprint density at radius 1 is 1.38 bits per heavy atom. The van der Waals surface area contributed by atoms with E-state index in [1.807, 2.05) is 6.92 Å². The molecule has 0 bridgehead atoms. The van der Waals surface area contributed by atoms with E-state index >= 15 is 0 Å². The van der Waals surface area contributed by atoms with Crippen LogP contribution in [0.15, 0.2) is 12.1 Å². The van der Waals surface area contributed by atoms with Gasteiger partial charge in [0, 0.05) is 5.56 Å². The molecule has 2 rings (SSSR count). The minimum atomic E-state index is -0.884. The van der Waals surface area contributed by atoms with Crippen LogP contribution in [-0.4, -0.2) is 12.6 Å². The molecule has 0 aromatic heterocycles. The van der Waals surface area contributed by atoms with E-state index in [1.165, 1.54) is 0 Å². The summed E-state index contributed by atoms with van der Waals surface area (Å²) in [5.41, 5.74) is 0.708. The fourth-order valence-corrected chi connectivity index (χ4v) is 1.99. The molecule has 0 radical (unpaired) electrons. The highest BCUT2D eigenvalue weighted by Crippen LogP contribution is 2.39. The van der Waals surface area contributed by atoms with Crippen molar-refractivity contribution in [2.75, 3.05) is 6.54 Å². The van der Waals surface area contributed by atoms with Crippen molar-refractivity contribution in [2.45, 2.75) is 32.4 Å². The summed E-state index contributed by atoms with van der Waals surface area (Å²) < 4.78 is 31.8. The Morgan fingerprint density at radius 2 is 2.12 bits per heavy atom. The van der Waals surface area contributed by atoms with Crippen molar-refractivity contribution in [3.05, 3.63) is 29.3 Å². The van der Waals surface area contributed by atoms with Crippen LogP contribution in [0.1, 0.15) is 31.9 Å². The summed E-state index contributed by atoms with van der Waals surface area (Å²) >= 11 is 0. The fourth-order valence-electron chi connectivity index (χ4n) is 1.99. The van der Waals surface area contributed by atoms with Crippen LogP contribution < -0.4 is 10.1 Å². The quantitative estimate of drug-likeness (QED) is 0.857. The van der Waals surface area contributed by atoms with Gasteiger partial charge < -0.3 is 10.1 Å². The summed E-state index contributed by atoms with van der Waals surface area (Å²) in [6, 6.07) is 2.69. The Labute approximate surface area is 93.6 Å². The predicted octanol–water partition coefficient (Wildman–Crippen LogP) is 2.79. The molecule has 1 aliphatic rings. The zero-order chi connectivity index (χ0) is 11.7. The SMILES string of the molecule is CCCNC1c2ccc(F)c(F)c2OC1C. The van der Waals surface area contributed by atoms with E-state index in [9.17, 15) is 8.78 Å². The molecule has 4 heteroatoms. The molecule has 0 fully saturated rings. The number of hydrogen-bond acceptors (Lipinski definition) is 2. The molecule has 16 heavy (non-hydrogen) atoms. The van der Waals surface area contributed by atoms with Crippen molar-refractivity contribution in [3.63, 3.8) is 0 Å². The fraction of sp³-hybridized carbons (Fsp3) is 0.500. The van der Waals surface area contributed by atoms with Crippen LogP contribution in [-0.2, 0) is 0 Å². The topological polar surface area (TPSA) is 21.3 Å². The van der Waals surface area contributed by atoms with Crippen molar-refractivity contribution in [2.24, 2.45) is 0 Å². The summed E-state index contributed by atoms with van der Waals surface area (Å²) in [6.45, 7) is 4.74.